The normalized spacial score (nSPS) is 15.5. The zero-order valence-corrected chi connectivity index (χ0v) is 13.8. The molecule has 8 nitrogen and oxygen atoms in total. The van der Waals surface area contributed by atoms with E-state index in [2.05, 4.69) is 10.3 Å². The first-order chi connectivity index (χ1) is 11.0. The molecule has 1 aliphatic rings. The summed E-state index contributed by atoms with van der Waals surface area (Å²) in [7, 11) is 0. The van der Waals surface area contributed by atoms with Gasteiger partial charge in [0, 0.05) is 24.7 Å². The van der Waals surface area contributed by atoms with Crippen molar-refractivity contribution in [3.8, 4) is 5.75 Å². The molecule has 132 valence electrons. The van der Waals surface area contributed by atoms with Gasteiger partial charge in [0.1, 0.15) is 5.75 Å². The molecule has 9 heteroatoms. The summed E-state index contributed by atoms with van der Waals surface area (Å²) in [6.45, 7) is 0.937. The Hall–Kier alpha value is -2.48. The standard InChI is InChI=1S/C15H20N4O4.ClH/c16-15(17)18-4-1-5-23-11-3-2-9-6-10(7-13(20)21)14(22)19-12(9)8-11;/h2-3,8,10H,1,4-7H2,(H,19,22)(H,20,21)(H4,16,17,18);1H. The van der Waals surface area contributed by atoms with Gasteiger partial charge in [-0.2, -0.15) is 0 Å². The van der Waals surface area contributed by atoms with Crippen LogP contribution < -0.4 is 21.5 Å². The summed E-state index contributed by atoms with van der Waals surface area (Å²) in [5.74, 6) is -1.10. The van der Waals surface area contributed by atoms with Crippen molar-refractivity contribution in [1.82, 2.24) is 0 Å². The highest BCUT2D eigenvalue weighted by atomic mass is 35.5. The minimum absolute atomic E-state index is 0. The number of aliphatic carboxylic acids is 1. The number of nitrogens with one attached hydrogen (secondary N) is 1. The van der Waals surface area contributed by atoms with Gasteiger partial charge in [-0.1, -0.05) is 6.07 Å². The number of hydrogen-bond acceptors (Lipinski definition) is 4. The first-order valence-corrected chi connectivity index (χ1v) is 7.29. The fourth-order valence-electron chi connectivity index (χ4n) is 2.37. The molecule has 1 aromatic rings. The topological polar surface area (TPSA) is 140 Å². The molecule has 0 aromatic heterocycles. The Labute approximate surface area is 145 Å². The molecule has 0 saturated heterocycles. The third-order valence-corrected chi connectivity index (χ3v) is 3.46. The molecule has 0 aliphatic carbocycles. The number of halogens is 1. The maximum absolute atomic E-state index is 11.9. The van der Waals surface area contributed by atoms with Gasteiger partial charge in [-0.25, -0.2) is 0 Å². The van der Waals surface area contributed by atoms with E-state index in [9.17, 15) is 9.59 Å². The number of aliphatic imine (C=N–C) groups is 1. The van der Waals surface area contributed by atoms with E-state index in [1.54, 1.807) is 12.1 Å². The summed E-state index contributed by atoms with van der Waals surface area (Å²) in [6, 6.07) is 5.38. The van der Waals surface area contributed by atoms with Gasteiger partial charge >= 0.3 is 5.97 Å². The van der Waals surface area contributed by atoms with E-state index >= 15 is 0 Å². The molecular weight excluding hydrogens is 336 g/mol. The molecule has 0 radical (unpaired) electrons. The molecule has 0 saturated carbocycles. The minimum Gasteiger partial charge on any atom is -0.493 e. The summed E-state index contributed by atoms with van der Waals surface area (Å²) >= 11 is 0. The molecule has 1 unspecified atom stereocenters. The smallest absolute Gasteiger partial charge is 0.304 e. The Morgan fingerprint density at radius 3 is 2.83 bits per heavy atom. The maximum Gasteiger partial charge on any atom is 0.304 e. The van der Waals surface area contributed by atoms with E-state index in [1.165, 1.54) is 0 Å². The Morgan fingerprint density at radius 1 is 1.42 bits per heavy atom. The van der Waals surface area contributed by atoms with Gasteiger partial charge in [0.25, 0.3) is 0 Å². The monoisotopic (exact) mass is 356 g/mol. The average Bonchev–Trinajstić information content (AvgIpc) is 2.47. The Morgan fingerprint density at radius 2 is 2.17 bits per heavy atom. The average molecular weight is 357 g/mol. The van der Waals surface area contributed by atoms with Crippen molar-refractivity contribution in [3.63, 3.8) is 0 Å². The van der Waals surface area contributed by atoms with Gasteiger partial charge in [-0.3, -0.25) is 14.6 Å². The SMILES string of the molecule is Cl.NC(N)=NCCCOc1ccc2c(c1)NC(=O)C(CC(=O)O)C2. The van der Waals surface area contributed by atoms with Crippen molar-refractivity contribution in [1.29, 1.82) is 0 Å². The third kappa shape index (κ3) is 5.62. The zero-order valence-electron chi connectivity index (χ0n) is 13.0. The van der Waals surface area contributed by atoms with Gasteiger partial charge in [-0.15, -0.1) is 12.4 Å². The predicted molar refractivity (Wildman–Crippen MR) is 92.6 cm³/mol. The zero-order chi connectivity index (χ0) is 16.8. The van der Waals surface area contributed by atoms with Gasteiger partial charge in [0.15, 0.2) is 5.96 Å². The molecule has 1 heterocycles. The number of nitrogens with two attached hydrogens (primary N) is 2. The number of amides is 1. The number of ether oxygens (including phenoxy) is 1. The molecule has 1 atom stereocenters. The van der Waals surface area contributed by atoms with E-state index in [0.717, 1.165) is 5.56 Å². The Kier molecular flexibility index (Phi) is 7.31. The van der Waals surface area contributed by atoms with Crippen molar-refractivity contribution in [2.45, 2.75) is 19.3 Å². The highest BCUT2D eigenvalue weighted by Gasteiger charge is 2.28. The minimum atomic E-state index is -0.977. The van der Waals surface area contributed by atoms with Gasteiger partial charge in [0.05, 0.1) is 18.9 Å². The van der Waals surface area contributed by atoms with Crippen LogP contribution in [0.4, 0.5) is 5.69 Å². The van der Waals surface area contributed by atoms with Crippen molar-refractivity contribution in [3.05, 3.63) is 23.8 Å². The second kappa shape index (κ2) is 8.97. The molecule has 0 bridgehead atoms. The van der Waals surface area contributed by atoms with Crippen molar-refractivity contribution in [2.24, 2.45) is 22.4 Å². The number of carbonyl (C=O) groups is 2. The molecule has 0 fully saturated rings. The van der Waals surface area contributed by atoms with Crippen LogP contribution >= 0.6 is 12.4 Å². The molecule has 1 amide bonds. The van der Waals surface area contributed by atoms with Crippen LogP contribution in [0.1, 0.15) is 18.4 Å². The summed E-state index contributed by atoms with van der Waals surface area (Å²) in [6.07, 6.45) is 0.911. The molecular formula is C15H21ClN4O4. The van der Waals surface area contributed by atoms with Crippen molar-refractivity contribution in [2.75, 3.05) is 18.5 Å². The summed E-state index contributed by atoms with van der Waals surface area (Å²) in [5, 5.41) is 11.6. The van der Waals surface area contributed by atoms with Crippen LogP contribution in [0.2, 0.25) is 0 Å². The Balaban J connectivity index is 0.00000288. The number of anilines is 1. The Bertz CT molecular complexity index is 632. The lowest BCUT2D eigenvalue weighted by Gasteiger charge is -2.24. The summed E-state index contributed by atoms with van der Waals surface area (Å²) in [5.41, 5.74) is 12.0. The van der Waals surface area contributed by atoms with Crippen molar-refractivity contribution >= 4 is 35.9 Å². The van der Waals surface area contributed by atoms with E-state index < -0.39 is 11.9 Å². The lowest BCUT2D eigenvalue weighted by atomic mass is 9.91. The molecule has 0 spiro atoms. The van der Waals surface area contributed by atoms with Crippen LogP contribution in [-0.4, -0.2) is 36.1 Å². The van der Waals surface area contributed by atoms with Gasteiger partial charge < -0.3 is 26.6 Å². The molecule has 1 aromatic carbocycles. The van der Waals surface area contributed by atoms with Crippen LogP contribution in [-0.2, 0) is 16.0 Å². The van der Waals surface area contributed by atoms with E-state index in [1.807, 2.05) is 6.07 Å². The van der Waals surface area contributed by atoms with Crippen LogP contribution in [0.3, 0.4) is 0 Å². The van der Waals surface area contributed by atoms with Gasteiger partial charge in [-0.05, 0) is 18.1 Å². The number of nitrogens with zero attached hydrogens (tertiary/aromatic N) is 1. The van der Waals surface area contributed by atoms with Crippen LogP contribution in [0.5, 0.6) is 5.75 Å². The summed E-state index contributed by atoms with van der Waals surface area (Å²) < 4.78 is 5.58. The fraction of sp³-hybridized carbons (Fsp3) is 0.400. The van der Waals surface area contributed by atoms with Crippen LogP contribution in [0.25, 0.3) is 0 Å². The summed E-state index contributed by atoms with van der Waals surface area (Å²) in [4.78, 5) is 26.5. The second-order valence-electron chi connectivity index (χ2n) is 5.32. The van der Waals surface area contributed by atoms with E-state index in [-0.39, 0.29) is 30.7 Å². The number of carboxylic acids is 1. The quantitative estimate of drug-likeness (QED) is 0.322. The number of benzene rings is 1. The fourth-order valence-corrected chi connectivity index (χ4v) is 2.37. The molecule has 2 rings (SSSR count). The lowest BCUT2D eigenvalue weighted by Crippen LogP contribution is -2.31. The van der Waals surface area contributed by atoms with Crippen LogP contribution in [0.15, 0.2) is 23.2 Å². The van der Waals surface area contributed by atoms with Gasteiger partial charge in [0.2, 0.25) is 5.91 Å². The maximum atomic E-state index is 11.9. The highest BCUT2D eigenvalue weighted by molar-refractivity contribution is 5.97. The number of carbonyl (C=O) groups excluding carboxylic acids is 1. The predicted octanol–water partition coefficient (Wildman–Crippen LogP) is 0.736. The number of guanidine groups is 1. The van der Waals surface area contributed by atoms with Crippen LogP contribution in [0, 0.1) is 5.92 Å². The number of rotatable bonds is 7. The number of hydrogen-bond donors (Lipinski definition) is 4. The van der Waals surface area contributed by atoms with E-state index in [4.69, 9.17) is 21.3 Å². The number of fused-ring (bicyclic) bond motifs is 1. The van der Waals surface area contributed by atoms with E-state index in [0.29, 0.717) is 37.4 Å². The molecule has 1 aliphatic heterocycles. The third-order valence-electron chi connectivity index (χ3n) is 3.46. The largest absolute Gasteiger partial charge is 0.493 e. The first-order valence-electron chi connectivity index (χ1n) is 7.29. The molecule has 24 heavy (non-hydrogen) atoms. The molecule has 6 N–H and O–H groups in total. The first kappa shape index (κ1) is 19.6. The number of carboxylic acid groups (broad SMARTS) is 1. The lowest BCUT2D eigenvalue weighted by molar-refractivity contribution is -0.140. The highest BCUT2D eigenvalue weighted by Crippen LogP contribution is 2.30. The second-order valence-corrected chi connectivity index (χ2v) is 5.32. The van der Waals surface area contributed by atoms with Crippen molar-refractivity contribution < 1.29 is 19.4 Å².